The molecule has 0 saturated carbocycles. The Hall–Kier alpha value is -3.30. The van der Waals surface area contributed by atoms with Crippen molar-refractivity contribution in [2.75, 3.05) is 13.7 Å². The van der Waals surface area contributed by atoms with Gasteiger partial charge in [-0.25, -0.2) is 4.79 Å². The van der Waals surface area contributed by atoms with Gasteiger partial charge in [0, 0.05) is 12.2 Å². The number of nitrogens with one attached hydrogen (secondary N) is 1. The minimum absolute atomic E-state index is 0.0755. The third-order valence-electron chi connectivity index (χ3n) is 6.40. The maximum atomic E-state index is 13.3. The number of carbonyl (C=O) groups excluding carboxylic acids is 3. The number of hydrogen-bond donors (Lipinski definition) is 1. The molecule has 3 heterocycles. The highest BCUT2D eigenvalue weighted by atomic mass is 32.2. The Morgan fingerprint density at radius 3 is 2.60 bits per heavy atom. The van der Waals surface area contributed by atoms with Crippen LogP contribution in [-0.4, -0.2) is 60.0 Å². The Morgan fingerprint density at radius 1 is 1.14 bits per heavy atom. The van der Waals surface area contributed by atoms with E-state index in [1.165, 1.54) is 16.7 Å². The number of ether oxygens (including phenoxy) is 3. The van der Waals surface area contributed by atoms with Crippen LogP contribution in [-0.2, 0) is 25.7 Å². The summed E-state index contributed by atoms with van der Waals surface area (Å²) in [4.78, 5) is 40.7. The van der Waals surface area contributed by atoms with Crippen molar-refractivity contribution in [3.63, 3.8) is 0 Å². The van der Waals surface area contributed by atoms with Gasteiger partial charge in [0.2, 0.25) is 5.91 Å². The molecule has 1 N–H and O–H groups in total. The lowest BCUT2D eigenvalue weighted by Crippen LogP contribution is -2.74. The lowest BCUT2D eigenvalue weighted by atomic mass is 9.93. The summed E-state index contributed by atoms with van der Waals surface area (Å²) >= 11 is 1.42. The van der Waals surface area contributed by atoms with E-state index in [1.807, 2.05) is 23.6 Å². The molecule has 0 bridgehead atoms. The maximum Gasteiger partial charge on any atom is 0.333 e. The molecule has 0 spiro atoms. The van der Waals surface area contributed by atoms with Gasteiger partial charge in [0.25, 0.3) is 5.91 Å². The molecule has 8 nitrogen and oxygen atoms in total. The highest BCUT2D eigenvalue weighted by Crippen LogP contribution is 2.43. The van der Waals surface area contributed by atoms with Crippen LogP contribution in [0.5, 0.6) is 5.75 Å². The van der Waals surface area contributed by atoms with Gasteiger partial charge in [0.15, 0.2) is 6.04 Å². The molecular formula is C26H26N2O6S. The summed E-state index contributed by atoms with van der Waals surface area (Å²) < 4.78 is 16.7. The van der Waals surface area contributed by atoms with Crippen molar-refractivity contribution in [1.29, 1.82) is 0 Å². The summed E-state index contributed by atoms with van der Waals surface area (Å²) in [6, 6.07) is 14.4. The minimum atomic E-state index is -0.875. The molecule has 4 atom stereocenters. The predicted molar refractivity (Wildman–Crippen MR) is 130 cm³/mol. The Kier molecular flexibility index (Phi) is 6.79. The van der Waals surface area contributed by atoms with Crippen LogP contribution in [0.4, 0.5) is 0 Å². The normalized spacial score (nSPS) is 25.2. The summed E-state index contributed by atoms with van der Waals surface area (Å²) in [5.41, 5.74) is 2.03. The molecule has 5 rings (SSSR count). The summed E-state index contributed by atoms with van der Waals surface area (Å²) in [6.45, 7) is 0.694. The molecule has 2 fully saturated rings. The number of rotatable bonds is 7. The van der Waals surface area contributed by atoms with E-state index < -0.39 is 18.1 Å². The van der Waals surface area contributed by atoms with Crippen LogP contribution in [0.1, 0.15) is 28.8 Å². The highest BCUT2D eigenvalue weighted by Gasteiger charge is 2.57. The molecule has 182 valence electrons. The molecule has 3 aliphatic rings. The van der Waals surface area contributed by atoms with E-state index in [4.69, 9.17) is 14.2 Å². The lowest BCUT2D eigenvalue weighted by Gasteiger charge is -2.52. The van der Waals surface area contributed by atoms with Crippen molar-refractivity contribution in [3.8, 4) is 5.75 Å². The molecule has 2 amide bonds. The molecule has 0 aromatic heterocycles. The second-order valence-corrected chi connectivity index (χ2v) is 9.56. The smallest absolute Gasteiger partial charge is 0.333 e. The van der Waals surface area contributed by atoms with E-state index in [0.717, 1.165) is 24.0 Å². The molecule has 3 unspecified atom stereocenters. The number of β-lactam (4-membered cyclic amide) rings is 1. The molecule has 2 aromatic rings. The third kappa shape index (κ3) is 4.66. The average Bonchev–Trinajstić information content (AvgIpc) is 3.45. The Bertz CT molecular complexity index is 1130. The number of thioether (sulfide) groups is 1. The zero-order valence-electron chi connectivity index (χ0n) is 19.2. The monoisotopic (exact) mass is 494 g/mol. The zero-order chi connectivity index (χ0) is 24.4. The fourth-order valence-corrected chi connectivity index (χ4v) is 5.80. The van der Waals surface area contributed by atoms with Gasteiger partial charge in [0.05, 0.1) is 13.2 Å². The topological polar surface area (TPSA) is 94.2 Å². The first-order chi connectivity index (χ1) is 17.1. The number of methoxy groups -OCH3 is 1. The number of benzene rings is 2. The fourth-order valence-electron chi connectivity index (χ4n) is 4.52. The quantitative estimate of drug-likeness (QED) is 0.467. The van der Waals surface area contributed by atoms with Gasteiger partial charge in [0.1, 0.15) is 23.8 Å². The number of esters is 1. The number of amides is 2. The maximum absolute atomic E-state index is 13.3. The van der Waals surface area contributed by atoms with Gasteiger partial charge >= 0.3 is 5.97 Å². The second kappa shape index (κ2) is 10.1. The Morgan fingerprint density at radius 2 is 1.91 bits per heavy atom. The van der Waals surface area contributed by atoms with E-state index in [1.54, 1.807) is 43.5 Å². The van der Waals surface area contributed by atoms with E-state index in [2.05, 4.69) is 5.32 Å². The summed E-state index contributed by atoms with van der Waals surface area (Å²) in [6.07, 6.45) is 1.45. The van der Waals surface area contributed by atoms with Crippen molar-refractivity contribution in [3.05, 3.63) is 76.7 Å². The first kappa shape index (κ1) is 23.4. The van der Waals surface area contributed by atoms with Gasteiger partial charge in [-0.2, -0.15) is 0 Å². The predicted octanol–water partition coefficient (Wildman–Crippen LogP) is 2.88. The van der Waals surface area contributed by atoms with E-state index >= 15 is 0 Å². The van der Waals surface area contributed by atoms with Gasteiger partial charge in [-0.05, 0) is 53.7 Å². The summed E-state index contributed by atoms with van der Waals surface area (Å²) in [5, 5.41) is 4.34. The van der Waals surface area contributed by atoms with Crippen LogP contribution in [0.25, 0.3) is 0 Å². The van der Waals surface area contributed by atoms with Crippen LogP contribution in [0, 0.1) is 0 Å². The second-order valence-electron chi connectivity index (χ2n) is 8.57. The van der Waals surface area contributed by atoms with E-state index in [-0.39, 0.29) is 29.9 Å². The van der Waals surface area contributed by atoms with Crippen molar-refractivity contribution in [2.45, 2.75) is 43.0 Å². The molecule has 9 heteroatoms. The SMILES string of the molecule is COc1ccc(COC(=O)C2C(C3CCCO3)=CSC3[C@H](NC(=O)c4ccccc4)C(=O)N23)cc1. The molecule has 0 radical (unpaired) electrons. The third-order valence-corrected chi connectivity index (χ3v) is 7.59. The molecule has 2 aromatic carbocycles. The average molecular weight is 495 g/mol. The van der Waals surface area contributed by atoms with Gasteiger partial charge in [-0.1, -0.05) is 30.3 Å². The lowest BCUT2D eigenvalue weighted by molar-refractivity contribution is -0.163. The van der Waals surface area contributed by atoms with Crippen LogP contribution in [0.2, 0.25) is 0 Å². The van der Waals surface area contributed by atoms with Crippen LogP contribution < -0.4 is 10.1 Å². The zero-order valence-corrected chi connectivity index (χ0v) is 20.0. The number of fused-ring (bicyclic) bond motifs is 1. The molecule has 35 heavy (non-hydrogen) atoms. The number of carbonyl (C=O) groups is 3. The molecular weight excluding hydrogens is 468 g/mol. The fraction of sp³-hybridized carbons (Fsp3) is 0.346. The largest absolute Gasteiger partial charge is 0.497 e. The Labute approximate surface area is 207 Å². The van der Waals surface area contributed by atoms with E-state index in [0.29, 0.717) is 17.9 Å². The first-order valence-electron chi connectivity index (χ1n) is 11.5. The van der Waals surface area contributed by atoms with Gasteiger partial charge in [-0.15, -0.1) is 11.8 Å². The highest BCUT2D eigenvalue weighted by molar-refractivity contribution is 8.03. The van der Waals surface area contributed by atoms with Crippen molar-refractivity contribution < 1.29 is 28.6 Å². The minimum Gasteiger partial charge on any atom is -0.497 e. The van der Waals surface area contributed by atoms with Crippen molar-refractivity contribution >= 4 is 29.5 Å². The number of nitrogens with zero attached hydrogens (tertiary/aromatic N) is 1. The first-order valence-corrected chi connectivity index (χ1v) is 12.5. The van der Waals surface area contributed by atoms with Crippen molar-refractivity contribution in [1.82, 2.24) is 10.2 Å². The summed E-state index contributed by atoms with van der Waals surface area (Å²) in [5.74, 6) is -0.418. The molecule has 2 saturated heterocycles. The molecule has 0 aliphatic carbocycles. The van der Waals surface area contributed by atoms with Gasteiger partial charge in [-0.3, -0.25) is 9.59 Å². The number of hydrogen-bond acceptors (Lipinski definition) is 7. The Balaban J connectivity index is 1.32. The van der Waals surface area contributed by atoms with Crippen LogP contribution >= 0.6 is 11.8 Å². The van der Waals surface area contributed by atoms with E-state index in [9.17, 15) is 14.4 Å². The van der Waals surface area contributed by atoms with Crippen LogP contribution in [0.15, 0.2) is 65.6 Å². The standard InChI is InChI=1S/C26H26N2O6S/c1-32-18-11-9-16(10-12-18)14-34-26(31)22-19(20-8-5-13-33-20)15-35-25-21(24(30)28(22)25)27-23(29)17-6-3-2-4-7-17/h2-4,6-7,9-12,15,20-22,25H,5,8,13-14H2,1H3,(H,27,29)/t20?,21-,22?,25?/m1/s1. The van der Waals surface area contributed by atoms with Crippen LogP contribution in [0.3, 0.4) is 0 Å². The van der Waals surface area contributed by atoms with Crippen molar-refractivity contribution in [2.24, 2.45) is 0 Å². The summed E-state index contributed by atoms with van der Waals surface area (Å²) in [7, 11) is 1.59. The van der Waals surface area contributed by atoms with Gasteiger partial charge < -0.3 is 24.4 Å². The molecule has 3 aliphatic heterocycles.